The van der Waals surface area contributed by atoms with E-state index in [1.807, 2.05) is 0 Å². The Bertz CT molecular complexity index is 678. The average Bonchev–Trinajstić information content (AvgIpc) is 2.58. The van der Waals surface area contributed by atoms with Crippen molar-refractivity contribution in [2.75, 3.05) is 0 Å². The molecular formula is C7H4ClN3O4S. The molecule has 9 heteroatoms. The molecule has 0 radical (unpaired) electrons. The Balaban J connectivity index is 2.71. The molecule has 0 bridgehead atoms. The Morgan fingerprint density at radius 3 is 2.69 bits per heavy atom. The number of rotatable bonds is 1. The van der Waals surface area contributed by atoms with E-state index in [0.717, 1.165) is 12.3 Å². The van der Waals surface area contributed by atoms with Crippen molar-refractivity contribution in [3.63, 3.8) is 0 Å². The summed E-state index contributed by atoms with van der Waals surface area (Å²) in [6.45, 7) is 0. The third-order valence-corrected chi connectivity index (χ3v) is 3.03. The van der Waals surface area contributed by atoms with Crippen molar-refractivity contribution in [1.82, 2.24) is 14.8 Å². The Kier molecular flexibility index (Phi) is 2.32. The minimum atomic E-state index is -3.93. The lowest BCUT2D eigenvalue weighted by Gasteiger charge is -1.96. The van der Waals surface area contributed by atoms with Crippen LogP contribution >= 0.6 is 10.7 Å². The molecule has 0 atom stereocenters. The van der Waals surface area contributed by atoms with Crippen LogP contribution in [0.4, 0.5) is 4.79 Å². The van der Waals surface area contributed by atoms with Crippen LogP contribution in [0.3, 0.4) is 0 Å². The summed E-state index contributed by atoms with van der Waals surface area (Å²) in [6.07, 6.45) is -0.132. The number of nitrogens with zero attached hydrogens (tertiary/aromatic N) is 3. The molecule has 2 aromatic rings. The number of hydrogen-bond acceptors (Lipinski definition) is 5. The fourth-order valence-corrected chi connectivity index (χ4v) is 1.88. The largest absolute Gasteiger partial charge is 0.463 e. The minimum absolute atomic E-state index is 0.143. The van der Waals surface area contributed by atoms with E-state index in [4.69, 9.17) is 15.8 Å². The summed E-state index contributed by atoms with van der Waals surface area (Å²) in [5.74, 6) is 0. The number of halogens is 1. The van der Waals surface area contributed by atoms with Crippen molar-refractivity contribution >= 4 is 36.9 Å². The van der Waals surface area contributed by atoms with Gasteiger partial charge in [0.05, 0.1) is 11.7 Å². The monoisotopic (exact) mass is 261 g/mol. The average molecular weight is 262 g/mol. The van der Waals surface area contributed by atoms with Crippen LogP contribution < -0.4 is 0 Å². The molecule has 0 aliphatic rings. The normalized spacial score (nSPS) is 11.8. The second kappa shape index (κ2) is 3.42. The number of fused-ring (bicyclic) bond motifs is 1. The molecule has 2 rings (SSSR count). The van der Waals surface area contributed by atoms with Gasteiger partial charge in [-0.05, 0) is 12.1 Å². The van der Waals surface area contributed by atoms with Gasteiger partial charge in [0.1, 0.15) is 5.52 Å². The lowest BCUT2D eigenvalue weighted by Crippen LogP contribution is -2.09. The molecule has 0 saturated carbocycles. The molecule has 2 heterocycles. The van der Waals surface area contributed by atoms with Crippen LogP contribution in [0, 0.1) is 0 Å². The summed E-state index contributed by atoms with van der Waals surface area (Å²) in [5.41, 5.74) is 0.334. The molecule has 0 saturated heterocycles. The zero-order chi connectivity index (χ0) is 11.9. The van der Waals surface area contributed by atoms with Crippen molar-refractivity contribution in [2.45, 2.75) is 5.03 Å². The molecular weight excluding hydrogens is 258 g/mol. The van der Waals surface area contributed by atoms with E-state index in [2.05, 4.69) is 10.1 Å². The summed E-state index contributed by atoms with van der Waals surface area (Å²) < 4.78 is 22.6. The van der Waals surface area contributed by atoms with Crippen LogP contribution in [-0.4, -0.2) is 34.4 Å². The SMILES string of the molecule is O=C(O)n1ncc2nc(S(=O)(=O)Cl)ccc21. The standard InChI is InChI=1S/C7H4ClN3O4S/c8-16(14,15)6-2-1-5-4(10-6)3-9-11(5)7(12)13/h1-3H,(H,12,13). The Hall–Kier alpha value is -1.67. The van der Waals surface area contributed by atoms with Gasteiger partial charge in [0.15, 0.2) is 5.03 Å². The predicted molar refractivity (Wildman–Crippen MR) is 54.0 cm³/mol. The highest BCUT2D eigenvalue weighted by Crippen LogP contribution is 2.17. The van der Waals surface area contributed by atoms with Gasteiger partial charge in [0, 0.05) is 10.7 Å². The van der Waals surface area contributed by atoms with Crippen molar-refractivity contribution in [2.24, 2.45) is 0 Å². The molecule has 0 spiro atoms. The molecule has 0 aliphatic heterocycles. The van der Waals surface area contributed by atoms with E-state index >= 15 is 0 Å². The van der Waals surface area contributed by atoms with E-state index in [0.29, 0.717) is 4.68 Å². The summed E-state index contributed by atoms with van der Waals surface area (Å²) in [4.78, 5) is 14.4. The lowest BCUT2D eigenvalue weighted by atomic mass is 10.4. The van der Waals surface area contributed by atoms with Gasteiger partial charge in [-0.15, -0.1) is 0 Å². The molecule has 2 aromatic heterocycles. The lowest BCUT2D eigenvalue weighted by molar-refractivity contribution is 0.194. The summed E-state index contributed by atoms with van der Waals surface area (Å²) in [6, 6.07) is 2.39. The summed E-state index contributed by atoms with van der Waals surface area (Å²) >= 11 is 0. The molecule has 0 aromatic carbocycles. The first-order valence-corrected chi connectivity index (χ1v) is 6.23. The van der Waals surface area contributed by atoms with Crippen molar-refractivity contribution in [3.05, 3.63) is 18.3 Å². The third kappa shape index (κ3) is 1.72. The van der Waals surface area contributed by atoms with E-state index < -0.39 is 15.1 Å². The van der Waals surface area contributed by atoms with E-state index in [9.17, 15) is 13.2 Å². The first-order valence-electron chi connectivity index (χ1n) is 3.92. The number of carbonyl (C=O) groups is 1. The van der Waals surface area contributed by atoms with Gasteiger partial charge in [0.2, 0.25) is 0 Å². The second-order valence-corrected chi connectivity index (χ2v) is 5.34. The number of pyridine rings is 1. The van der Waals surface area contributed by atoms with Crippen LogP contribution in [0.25, 0.3) is 11.0 Å². The highest BCUT2D eigenvalue weighted by molar-refractivity contribution is 8.13. The number of aromatic nitrogens is 3. The number of hydrogen-bond donors (Lipinski definition) is 1. The Morgan fingerprint density at radius 2 is 2.12 bits per heavy atom. The maximum atomic E-state index is 11.0. The van der Waals surface area contributed by atoms with Crippen LogP contribution in [0.2, 0.25) is 0 Å². The van der Waals surface area contributed by atoms with Crippen LogP contribution in [-0.2, 0) is 9.05 Å². The van der Waals surface area contributed by atoms with Gasteiger partial charge in [0.25, 0.3) is 9.05 Å². The fourth-order valence-electron chi connectivity index (χ4n) is 1.19. The quantitative estimate of drug-likeness (QED) is 0.765. The molecule has 84 valence electrons. The Labute approximate surface area is 93.7 Å². The minimum Gasteiger partial charge on any atom is -0.463 e. The van der Waals surface area contributed by atoms with Crippen LogP contribution in [0.15, 0.2) is 23.4 Å². The van der Waals surface area contributed by atoms with Gasteiger partial charge in [-0.2, -0.15) is 9.78 Å². The van der Waals surface area contributed by atoms with Crippen molar-refractivity contribution in [1.29, 1.82) is 0 Å². The predicted octanol–water partition coefficient (Wildman–Crippen LogP) is 0.885. The van der Waals surface area contributed by atoms with Gasteiger partial charge in [-0.25, -0.2) is 18.2 Å². The second-order valence-electron chi connectivity index (χ2n) is 2.83. The van der Waals surface area contributed by atoms with Crippen LogP contribution in [0.5, 0.6) is 0 Å². The van der Waals surface area contributed by atoms with Crippen LogP contribution in [0.1, 0.15) is 0 Å². The topological polar surface area (TPSA) is 102 Å². The molecule has 0 fully saturated rings. The van der Waals surface area contributed by atoms with Gasteiger partial charge in [-0.3, -0.25) is 0 Å². The third-order valence-electron chi connectivity index (χ3n) is 1.83. The smallest absolute Gasteiger partial charge is 0.432 e. The fraction of sp³-hybridized carbons (Fsp3) is 0. The maximum absolute atomic E-state index is 11.0. The summed E-state index contributed by atoms with van der Waals surface area (Å²) in [7, 11) is 1.17. The zero-order valence-electron chi connectivity index (χ0n) is 7.53. The summed E-state index contributed by atoms with van der Waals surface area (Å²) in [5, 5.41) is 11.9. The van der Waals surface area contributed by atoms with E-state index in [1.165, 1.54) is 6.07 Å². The van der Waals surface area contributed by atoms with Gasteiger partial charge < -0.3 is 5.11 Å². The molecule has 0 amide bonds. The highest BCUT2D eigenvalue weighted by atomic mass is 35.7. The highest BCUT2D eigenvalue weighted by Gasteiger charge is 2.15. The molecule has 0 unspecified atom stereocenters. The van der Waals surface area contributed by atoms with Gasteiger partial charge >= 0.3 is 6.09 Å². The number of carboxylic acid groups (broad SMARTS) is 1. The maximum Gasteiger partial charge on any atom is 0.432 e. The molecule has 7 nitrogen and oxygen atoms in total. The van der Waals surface area contributed by atoms with Crippen molar-refractivity contribution in [3.8, 4) is 0 Å². The van der Waals surface area contributed by atoms with Gasteiger partial charge in [-0.1, -0.05) is 0 Å². The molecule has 16 heavy (non-hydrogen) atoms. The first kappa shape index (κ1) is 10.8. The van der Waals surface area contributed by atoms with Crippen molar-refractivity contribution < 1.29 is 18.3 Å². The first-order chi connectivity index (χ1) is 7.39. The zero-order valence-corrected chi connectivity index (χ0v) is 9.10. The Morgan fingerprint density at radius 1 is 1.44 bits per heavy atom. The van der Waals surface area contributed by atoms with E-state index in [-0.39, 0.29) is 16.1 Å². The molecule has 1 N–H and O–H groups in total. The molecule has 0 aliphatic carbocycles. The van der Waals surface area contributed by atoms with E-state index in [1.54, 1.807) is 0 Å².